The van der Waals surface area contributed by atoms with Crippen LogP contribution >= 0.6 is 11.3 Å². The van der Waals surface area contributed by atoms with Gasteiger partial charge in [0, 0.05) is 17.6 Å². The Balaban J connectivity index is 1.76. The highest BCUT2D eigenvalue weighted by Gasteiger charge is 2.00. The summed E-state index contributed by atoms with van der Waals surface area (Å²) in [6.07, 6.45) is 3.62. The fourth-order valence-electron chi connectivity index (χ4n) is 1.58. The topological polar surface area (TPSA) is 55.1 Å². The summed E-state index contributed by atoms with van der Waals surface area (Å²) in [7, 11) is 0. The summed E-state index contributed by atoms with van der Waals surface area (Å²) in [4.78, 5) is 8.81. The first-order valence-corrected chi connectivity index (χ1v) is 6.14. The largest absolute Gasteiger partial charge is 0.364 e. The maximum Gasteiger partial charge on any atom is 0.157 e. The Morgan fingerprint density at radius 3 is 3.12 bits per heavy atom. The molecule has 5 nitrogen and oxygen atoms in total. The maximum atomic E-state index is 4.42. The number of thiazole rings is 1. The first kappa shape index (κ1) is 10.2. The van der Waals surface area contributed by atoms with Crippen molar-refractivity contribution in [3.63, 3.8) is 0 Å². The zero-order chi connectivity index (χ0) is 11.7. The molecule has 0 saturated heterocycles. The third-order valence-corrected chi connectivity index (χ3v) is 3.20. The molecule has 0 amide bonds. The lowest BCUT2D eigenvalue weighted by Crippen LogP contribution is -2.02. The molecule has 0 aliphatic rings. The van der Waals surface area contributed by atoms with E-state index in [9.17, 15) is 0 Å². The van der Waals surface area contributed by atoms with Gasteiger partial charge in [-0.3, -0.25) is 0 Å². The Morgan fingerprint density at radius 2 is 2.29 bits per heavy atom. The van der Waals surface area contributed by atoms with Crippen LogP contribution in [0.5, 0.6) is 0 Å². The van der Waals surface area contributed by atoms with Gasteiger partial charge in [-0.25, -0.2) is 14.5 Å². The highest BCUT2D eigenvalue weighted by Crippen LogP contribution is 2.11. The molecule has 3 aromatic rings. The maximum absolute atomic E-state index is 4.42. The molecule has 0 aliphatic heterocycles. The van der Waals surface area contributed by atoms with Crippen LogP contribution < -0.4 is 5.32 Å². The Bertz CT molecular complexity index is 642. The molecular weight excluding hydrogens is 234 g/mol. The molecule has 0 atom stereocenters. The van der Waals surface area contributed by atoms with Gasteiger partial charge in [0.25, 0.3) is 0 Å². The lowest BCUT2D eigenvalue weighted by atomic mass is 10.4. The number of anilines is 1. The highest BCUT2D eigenvalue weighted by molar-refractivity contribution is 7.09. The van der Waals surface area contributed by atoms with E-state index in [4.69, 9.17) is 0 Å². The third kappa shape index (κ3) is 2.12. The van der Waals surface area contributed by atoms with Crippen LogP contribution in [0.15, 0.2) is 29.9 Å². The van der Waals surface area contributed by atoms with Gasteiger partial charge in [-0.05, 0) is 13.0 Å². The van der Waals surface area contributed by atoms with Gasteiger partial charge < -0.3 is 5.32 Å². The third-order valence-electron chi connectivity index (χ3n) is 2.38. The smallest absolute Gasteiger partial charge is 0.157 e. The minimum absolute atomic E-state index is 0.696. The summed E-state index contributed by atoms with van der Waals surface area (Å²) in [5, 5.41) is 10.5. The predicted octanol–water partition coefficient (Wildman–Crippen LogP) is 2.11. The van der Waals surface area contributed by atoms with E-state index in [2.05, 4.69) is 25.8 Å². The Hall–Kier alpha value is -1.95. The van der Waals surface area contributed by atoms with Gasteiger partial charge in [0.05, 0.1) is 23.4 Å². The van der Waals surface area contributed by atoms with Crippen molar-refractivity contribution in [3.05, 3.63) is 40.6 Å². The van der Waals surface area contributed by atoms with Gasteiger partial charge >= 0.3 is 0 Å². The van der Waals surface area contributed by atoms with Crippen LogP contribution in [-0.4, -0.2) is 19.6 Å². The fraction of sp³-hybridized carbons (Fsp3) is 0.182. The Kier molecular flexibility index (Phi) is 2.49. The lowest BCUT2D eigenvalue weighted by Gasteiger charge is -2.03. The monoisotopic (exact) mass is 245 g/mol. The second kappa shape index (κ2) is 4.14. The van der Waals surface area contributed by atoms with Crippen LogP contribution in [0.3, 0.4) is 0 Å². The predicted molar refractivity (Wildman–Crippen MR) is 67.2 cm³/mol. The molecule has 1 N–H and O–H groups in total. The van der Waals surface area contributed by atoms with Crippen molar-refractivity contribution in [2.75, 3.05) is 5.32 Å². The Labute approximate surface area is 102 Å². The van der Waals surface area contributed by atoms with Crippen LogP contribution in [0, 0.1) is 6.92 Å². The zero-order valence-corrected chi connectivity index (χ0v) is 10.1. The van der Waals surface area contributed by atoms with E-state index in [0.717, 1.165) is 22.2 Å². The average molecular weight is 245 g/mol. The van der Waals surface area contributed by atoms with Crippen molar-refractivity contribution in [2.24, 2.45) is 0 Å². The van der Waals surface area contributed by atoms with Gasteiger partial charge in [-0.15, -0.1) is 11.3 Å². The fourth-order valence-corrected chi connectivity index (χ4v) is 2.19. The standard InChI is InChI=1S/C11H11N5S/c1-8-14-9(7-17-8)6-12-10-3-5-16-11(15-10)2-4-13-16/h2-5,7H,6H2,1H3,(H,12,15). The quantitative estimate of drug-likeness (QED) is 0.767. The van der Waals surface area contributed by atoms with Crippen LogP contribution in [-0.2, 0) is 6.54 Å². The molecular formula is C11H11N5S. The highest BCUT2D eigenvalue weighted by atomic mass is 32.1. The summed E-state index contributed by atoms with van der Waals surface area (Å²) in [6.45, 7) is 2.70. The SMILES string of the molecule is Cc1nc(CNc2ccn3nccc3n2)cs1. The van der Waals surface area contributed by atoms with Gasteiger partial charge in [-0.2, -0.15) is 5.10 Å². The van der Waals surface area contributed by atoms with Crippen molar-refractivity contribution in [1.82, 2.24) is 19.6 Å². The number of nitrogens with one attached hydrogen (secondary N) is 1. The van der Waals surface area contributed by atoms with Crippen molar-refractivity contribution in [2.45, 2.75) is 13.5 Å². The molecule has 0 unspecified atom stereocenters. The van der Waals surface area contributed by atoms with Crippen molar-refractivity contribution in [3.8, 4) is 0 Å². The molecule has 0 spiro atoms. The molecule has 0 aromatic carbocycles. The molecule has 0 saturated carbocycles. The number of nitrogens with zero attached hydrogens (tertiary/aromatic N) is 4. The molecule has 86 valence electrons. The first-order chi connectivity index (χ1) is 8.31. The Morgan fingerprint density at radius 1 is 1.35 bits per heavy atom. The molecule has 3 aromatic heterocycles. The molecule has 0 aliphatic carbocycles. The van der Waals surface area contributed by atoms with Crippen LogP contribution in [0.1, 0.15) is 10.7 Å². The van der Waals surface area contributed by atoms with Gasteiger partial charge in [0.1, 0.15) is 5.82 Å². The van der Waals surface area contributed by atoms with Crippen LogP contribution in [0.4, 0.5) is 5.82 Å². The minimum atomic E-state index is 0.696. The van der Waals surface area contributed by atoms with Crippen LogP contribution in [0.25, 0.3) is 5.65 Å². The summed E-state index contributed by atoms with van der Waals surface area (Å²) in [5.41, 5.74) is 1.88. The second-order valence-corrected chi connectivity index (χ2v) is 4.72. The number of aryl methyl sites for hydroxylation is 1. The van der Waals surface area contributed by atoms with E-state index in [0.29, 0.717) is 6.54 Å². The van der Waals surface area contributed by atoms with Gasteiger partial charge in [0.2, 0.25) is 0 Å². The number of hydrogen-bond acceptors (Lipinski definition) is 5. The van der Waals surface area contributed by atoms with E-state index >= 15 is 0 Å². The summed E-state index contributed by atoms with van der Waals surface area (Å²) in [5.74, 6) is 0.837. The number of hydrogen-bond donors (Lipinski definition) is 1. The zero-order valence-electron chi connectivity index (χ0n) is 9.29. The molecule has 17 heavy (non-hydrogen) atoms. The van der Waals surface area contributed by atoms with Crippen molar-refractivity contribution >= 4 is 22.8 Å². The summed E-state index contributed by atoms with van der Waals surface area (Å²) in [6, 6.07) is 3.78. The van der Waals surface area contributed by atoms with Crippen molar-refractivity contribution < 1.29 is 0 Å². The van der Waals surface area contributed by atoms with E-state index in [-0.39, 0.29) is 0 Å². The van der Waals surface area contributed by atoms with Gasteiger partial charge in [-0.1, -0.05) is 0 Å². The van der Waals surface area contributed by atoms with Crippen molar-refractivity contribution in [1.29, 1.82) is 0 Å². The molecule has 0 fully saturated rings. The molecule has 3 heterocycles. The van der Waals surface area contributed by atoms with E-state index in [1.165, 1.54) is 0 Å². The first-order valence-electron chi connectivity index (χ1n) is 5.26. The molecule has 3 rings (SSSR count). The molecule has 0 bridgehead atoms. The second-order valence-electron chi connectivity index (χ2n) is 3.66. The lowest BCUT2D eigenvalue weighted by molar-refractivity contribution is 0.934. The number of aromatic nitrogens is 4. The van der Waals surface area contributed by atoms with E-state index < -0.39 is 0 Å². The summed E-state index contributed by atoms with van der Waals surface area (Å²) >= 11 is 1.66. The summed E-state index contributed by atoms with van der Waals surface area (Å²) < 4.78 is 1.73. The minimum Gasteiger partial charge on any atom is -0.364 e. The van der Waals surface area contributed by atoms with Crippen LogP contribution in [0.2, 0.25) is 0 Å². The van der Waals surface area contributed by atoms with Gasteiger partial charge in [0.15, 0.2) is 5.65 Å². The number of fused-ring (bicyclic) bond motifs is 1. The normalized spacial score (nSPS) is 10.9. The molecule has 0 radical (unpaired) electrons. The van der Waals surface area contributed by atoms with E-state index in [1.807, 2.05) is 25.3 Å². The number of rotatable bonds is 3. The molecule has 6 heteroatoms. The van der Waals surface area contributed by atoms with E-state index in [1.54, 1.807) is 22.0 Å². The average Bonchev–Trinajstić information content (AvgIpc) is 2.94.